The molecule has 5 heteroatoms. The van der Waals surface area contributed by atoms with Gasteiger partial charge in [-0.25, -0.2) is 0 Å². The zero-order valence-electron chi connectivity index (χ0n) is 6.67. The molecular weight excluding hydrogens is 174 g/mol. The van der Waals surface area contributed by atoms with Gasteiger partial charge in [0.1, 0.15) is 5.76 Å². The van der Waals surface area contributed by atoms with Crippen molar-refractivity contribution in [3.63, 3.8) is 0 Å². The Morgan fingerprint density at radius 1 is 1.69 bits per heavy atom. The van der Waals surface area contributed by atoms with Gasteiger partial charge in [0.25, 0.3) is 0 Å². The Morgan fingerprint density at radius 2 is 2.46 bits per heavy atom. The molecule has 0 bridgehead atoms. The van der Waals surface area contributed by atoms with Crippen LogP contribution in [-0.2, 0) is 11.2 Å². The van der Waals surface area contributed by atoms with Crippen LogP contribution >= 0.6 is 0 Å². The highest BCUT2D eigenvalue weighted by Gasteiger charge is 2.07. The second-order valence-corrected chi connectivity index (χ2v) is 2.29. The first-order chi connectivity index (χ1) is 6.24. The summed E-state index contributed by atoms with van der Waals surface area (Å²) in [5.74, 6) is 0.584. The second kappa shape index (κ2) is 4.20. The van der Waals surface area contributed by atoms with E-state index < -0.39 is 10.6 Å². The van der Waals surface area contributed by atoms with Gasteiger partial charge in [-0.2, -0.15) is 0 Å². The summed E-state index contributed by atoms with van der Waals surface area (Å²) < 4.78 is 4.93. The Bertz CT molecular complexity index is 326. The molecule has 0 unspecified atom stereocenters. The number of rotatable bonds is 4. The van der Waals surface area contributed by atoms with Crippen molar-refractivity contribution in [1.29, 1.82) is 0 Å². The zero-order valence-corrected chi connectivity index (χ0v) is 6.67. The van der Waals surface area contributed by atoms with E-state index in [0.717, 1.165) is 0 Å². The molecule has 5 nitrogen and oxygen atoms in total. The average Bonchev–Trinajstić information content (AvgIpc) is 2.57. The highest BCUT2D eigenvalue weighted by atomic mass is 16.6. The smallest absolute Gasteiger partial charge is 0.305 e. The second-order valence-electron chi connectivity index (χ2n) is 2.29. The maximum absolute atomic E-state index is 10.2. The van der Waals surface area contributed by atoms with Crippen molar-refractivity contribution in [2.45, 2.75) is 6.42 Å². The van der Waals surface area contributed by atoms with Crippen LogP contribution in [0.15, 0.2) is 34.6 Å². The van der Waals surface area contributed by atoms with Gasteiger partial charge >= 0.3 is 5.70 Å². The van der Waals surface area contributed by atoms with Gasteiger partial charge in [-0.15, -0.1) is 0 Å². The third kappa shape index (κ3) is 2.55. The lowest BCUT2D eigenvalue weighted by Gasteiger charge is -1.88. The molecule has 1 heterocycles. The number of hydrogen-bond acceptors (Lipinski definition) is 4. The van der Waals surface area contributed by atoms with Gasteiger partial charge in [-0.3, -0.25) is 14.9 Å². The molecule has 13 heavy (non-hydrogen) atoms. The molecule has 1 aromatic heterocycles. The maximum Gasteiger partial charge on any atom is 0.305 e. The standard InChI is InChI=1S/C8H7NO4/c10-6-7(9(11)12)3-4-8-2-1-5-13-8/h1-3,5-6H,4H2/b7-3-. The number of allylic oxidation sites excluding steroid dienone is 2. The van der Waals surface area contributed by atoms with Gasteiger partial charge in [0.05, 0.1) is 11.2 Å². The van der Waals surface area contributed by atoms with Crippen LogP contribution < -0.4 is 0 Å². The predicted octanol–water partition coefficient (Wildman–Crippen LogP) is 1.18. The normalized spacial score (nSPS) is 11.2. The van der Waals surface area contributed by atoms with E-state index in [4.69, 9.17) is 4.42 Å². The van der Waals surface area contributed by atoms with Gasteiger partial charge < -0.3 is 4.42 Å². The molecule has 0 radical (unpaired) electrons. The van der Waals surface area contributed by atoms with Crippen molar-refractivity contribution in [2.75, 3.05) is 0 Å². The van der Waals surface area contributed by atoms with E-state index in [1.807, 2.05) is 0 Å². The number of hydrogen-bond donors (Lipinski definition) is 0. The summed E-state index contributed by atoms with van der Waals surface area (Å²) in [5, 5.41) is 10.2. The van der Waals surface area contributed by atoms with Crippen LogP contribution in [-0.4, -0.2) is 11.2 Å². The highest BCUT2D eigenvalue weighted by Crippen LogP contribution is 2.03. The molecular formula is C8H7NO4. The molecule has 0 amide bonds. The molecule has 0 aliphatic heterocycles. The summed E-state index contributed by atoms with van der Waals surface area (Å²) in [7, 11) is 0. The van der Waals surface area contributed by atoms with Crippen LogP contribution in [0.5, 0.6) is 0 Å². The predicted molar refractivity (Wildman–Crippen MR) is 43.6 cm³/mol. The van der Waals surface area contributed by atoms with Crippen molar-refractivity contribution < 1.29 is 14.1 Å². The minimum atomic E-state index is -0.726. The molecule has 1 aromatic rings. The Labute approximate surface area is 73.8 Å². The summed E-state index contributed by atoms with van der Waals surface area (Å²) in [6, 6.07) is 3.36. The van der Waals surface area contributed by atoms with E-state index in [1.54, 1.807) is 12.1 Å². The molecule has 0 spiro atoms. The van der Waals surface area contributed by atoms with Gasteiger partial charge in [0, 0.05) is 12.5 Å². The van der Waals surface area contributed by atoms with Crippen molar-refractivity contribution in [1.82, 2.24) is 0 Å². The van der Waals surface area contributed by atoms with Gasteiger partial charge in [-0.05, 0) is 12.1 Å². The number of nitrogens with zero attached hydrogens (tertiary/aromatic N) is 1. The van der Waals surface area contributed by atoms with E-state index in [1.165, 1.54) is 12.3 Å². The minimum absolute atomic E-state index is 0.211. The first kappa shape index (κ1) is 9.18. The first-order valence-electron chi connectivity index (χ1n) is 3.56. The van der Waals surface area contributed by atoms with E-state index in [-0.39, 0.29) is 12.7 Å². The number of aldehydes is 1. The molecule has 0 saturated carbocycles. The first-order valence-corrected chi connectivity index (χ1v) is 3.56. The number of carbonyl (C=O) groups is 1. The van der Waals surface area contributed by atoms with E-state index in [9.17, 15) is 14.9 Å². The Hall–Kier alpha value is -1.91. The van der Waals surface area contributed by atoms with Gasteiger partial charge in [0.15, 0.2) is 0 Å². The molecule has 0 aliphatic rings. The van der Waals surface area contributed by atoms with Crippen molar-refractivity contribution in [3.8, 4) is 0 Å². The third-order valence-electron chi connectivity index (χ3n) is 1.42. The largest absolute Gasteiger partial charge is 0.469 e. The molecule has 0 atom stereocenters. The quantitative estimate of drug-likeness (QED) is 0.302. The maximum atomic E-state index is 10.2. The summed E-state index contributed by atoms with van der Waals surface area (Å²) in [6.45, 7) is 0. The van der Waals surface area contributed by atoms with Gasteiger partial charge in [0.2, 0.25) is 6.29 Å². The molecule has 0 aliphatic carbocycles. The SMILES string of the molecule is O=C/C(=C/Cc1ccco1)[N+](=O)[O-]. The third-order valence-corrected chi connectivity index (χ3v) is 1.42. The number of nitro groups is 1. The van der Waals surface area contributed by atoms with Crippen LogP contribution in [0.1, 0.15) is 5.76 Å². The minimum Gasteiger partial charge on any atom is -0.469 e. The Balaban J connectivity index is 2.65. The molecule has 0 saturated heterocycles. The summed E-state index contributed by atoms with van der Waals surface area (Å²) in [5.41, 5.74) is -0.448. The fraction of sp³-hybridized carbons (Fsp3) is 0.125. The van der Waals surface area contributed by atoms with Crippen molar-refractivity contribution >= 4 is 6.29 Å². The van der Waals surface area contributed by atoms with Crippen molar-refractivity contribution in [3.05, 3.63) is 46.0 Å². The lowest BCUT2D eigenvalue weighted by atomic mass is 10.3. The topological polar surface area (TPSA) is 73.3 Å². The molecule has 0 fully saturated rings. The number of carbonyl (C=O) groups excluding carboxylic acids is 1. The molecule has 1 rings (SSSR count). The molecule has 0 aromatic carbocycles. The lowest BCUT2D eigenvalue weighted by Crippen LogP contribution is -2.00. The summed E-state index contributed by atoms with van der Waals surface area (Å²) in [6.07, 6.45) is 3.15. The Kier molecular flexibility index (Phi) is 2.97. The van der Waals surface area contributed by atoms with Crippen LogP contribution in [0.25, 0.3) is 0 Å². The zero-order chi connectivity index (χ0) is 9.68. The van der Waals surface area contributed by atoms with Crippen LogP contribution in [0.4, 0.5) is 0 Å². The molecule has 0 N–H and O–H groups in total. The van der Waals surface area contributed by atoms with Crippen LogP contribution in [0, 0.1) is 10.1 Å². The molecule has 68 valence electrons. The average molecular weight is 181 g/mol. The van der Waals surface area contributed by atoms with Crippen LogP contribution in [0.2, 0.25) is 0 Å². The van der Waals surface area contributed by atoms with Crippen molar-refractivity contribution in [2.24, 2.45) is 0 Å². The van der Waals surface area contributed by atoms with E-state index >= 15 is 0 Å². The highest BCUT2D eigenvalue weighted by molar-refractivity contribution is 5.69. The van der Waals surface area contributed by atoms with Gasteiger partial charge in [-0.1, -0.05) is 0 Å². The summed E-state index contributed by atoms with van der Waals surface area (Å²) in [4.78, 5) is 19.6. The van der Waals surface area contributed by atoms with Crippen LogP contribution in [0.3, 0.4) is 0 Å². The Morgan fingerprint density at radius 3 is 2.92 bits per heavy atom. The fourth-order valence-electron chi connectivity index (χ4n) is 0.800. The number of furan rings is 1. The monoisotopic (exact) mass is 181 g/mol. The summed E-state index contributed by atoms with van der Waals surface area (Å²) >= 11 is 0. The lowest BCUT2D eigenvalue weighted by molar-refractivity contribution is -0.417. The fourth-order valence-corrected chi connectivity index (χ4v) is 0.800. The van der Waals surface area contributed by atoms with E-state index in [0.29, 0.717) is 5.76 Å². The van der Waals surface area contributed by atoms with E-state index in [2.05, 4.69) is 0 Å².